The highest BCUT2D eigenvalue weighted by Crippen LogP contribution is 2.44. The summed E-state index contributed by atoms with van der Waals surface area (Å²) in [6.07, 6.45) is 2.30. The smallest absolute Gasteiger partial charge is 0.268 e. The van der Waals surface area contributed by atoms with Crippen LogP contribution in [0.25, 0.3) is 0 Å². The summed E-state index contributed by atoms with van der Waals surface area (Å²) in [4.78, 5) is 7.38. The highest BCUT2D eigenvalue weighted by molar-refractivity contribution is 7.92. The Bertz CT molecular complexity index is 1830. The second-order valence-corrected chi connectivity index (χ2v) is 13.3. The molecule has 4 aromatic rings. The maximum Gasteiger partial charge on any atom is 0.268 e. The molecule has 2 atom stereocenters. The lowest BCUT2D eigenvalue weighted by molar-refractivity contribution is -0.0710. The van der Waals surface area contributed by atoms with Gasteiger partial charge in [-0.3, -0.25) is 0 Å². The monoisotopic (exact) mass is 705 g/mol. The van der Waals surface area contributed by atoms with Gasteiger partial charge in [-0.05, 0) is 43.2 Å². The standard InChI is InChI=1S/C33H38F3N5O7S/c1-22-15-31(49(42,43)41(32-9-11-37-20-38-32)19-23-5-6-24(45-3)16-30(23)46-4)26(34)17-29(22)48-28-7-10-33(35,36)18-25(28)27-8-12-39-40(27)21-47-14-13-44-2/h5-6,8-9,11-12,15-17,20,25,28H,7,10,13-14,18-19,21H2,1-4H3/t25-,28+/m1/s1. The fourth-order valence-electron chi connectivity index (χ4n) is 5.71. The molecule has 0 amide bonds. The van der Waals surface area contributed by atoms with Crippen molar-refractivity contribution in [3.63, 3.8) is 0 Å². The Kier molecular flexibility index (Phi) is 11.3. The Balaban J connectivity index is 1.45. The van der Waals surface area contributed by atoms with Crippen LogP contribution >= 0.6 is 0 Å². The molecule has 0 bridgehead atoms. The Morgan fingerprint density at radius 2 is 1.84 bits per heavy atom. The Labute approximate surface area is 282 Å². The fraction of sp³-hybridized carbons (Fsp3) is 0.424. The Morgan fingerprint density at radius 3 is 2.55 bits per heavy atom. The molecule has 16 heteroatoms. The summed E-state index contributed by atoms with van der Waals surface area (Å²) in [5.41, 5.74) is 1.23. The first-order valence-electron chi connectivity index (χ1n) is 15.4. The van der Waals surface area contributed by atoms with Gasteiger partial charge in [-0.2, -0.15) is 5.10 Å². The number of aryl methyl sites for hydroxylation is 1. The Morgan fingerprint density at radius 1 is 1.02 bits per heavy atom. The molecule has 1 saturated carbocycles. The van der Waals surface area contributed by atoms with Crippen LogP contribution in [0.1, 0.15) is 42.0 Å². The molecule has 5 rings (SSSR count). The minimum absolute atomic E-state index is 0.000891. The SMILES string of the molecule is COCCOCn1nccc1[C@H]1CC(F)(F)CC[C@@H]1Oc1cc(F)c(S(=O)(=O)N(Cc2ccc(OC)cc2OC)c2ccncn2)cc1C. The van der Waals surface area contributed by atoms with Crippen LogP contribution in [0, 0.1) is 12.7 Å². The van der Waals surface area contributed by atoms with Crippen molar-refractivity contribution in [1.82, 2.24) is 19.7 Å². The van der Waals surface area contributed by atoms with Gasteiger partial charge in [0, 0.05) is 67.7 Å². The van der Waals surface area contributed by atoms with E-state index in [1.165, 1.54) is 56.9 Å². The number of halogens is 3. The molecule has 264 valence electrons. The van der Waals surface area contributed by atoms with Crippen LogP contribution in [0.2, 0.25) is 0 Å². The van der Waals surface area contributed by atoms with Crippen molar-refractivity contribution in [1.29, 1.82) is 0 Å². The zero-order chi connectivity index (χ0) is 35.2. The lowest BCUT2D eigenvalue weighted by atomic mass is 9.81. The van der Waals surface area contributed by atoms with E-state index in [4.69, 9.17) is 23.7 Å². The number of alkyl halides is 2. The third kappa shape index (κ3) is 8.25. The van der Waals surface area contributed by atoms with Gasteiger partial charge >= 0.3 is 0 Å². The van der Waals surface area contributed by atoms with E-state index in [0.29, 0.717) is 29.4 Å². The molecular weight excluding hydrogens is 667 g/mol. The molecular formula is C33H38F3N5O7S. The van der Waals surface area contributed by atoms with Gasteiger partial charge in [-0.1, -0.05) is 0 Å². The molecule has 1 fully saturated rings. The normalized spacial score (nSPS) is 17.4. The first-order valence-corrected chi connectivity index (χ1v) is 16.8. The van der Waals surface area contributed by atoms with E-state index in [0.717, 1.165) is 10.4 Å². The third-order valence-electron chi connectivity index (χ3n) is 8.24. The van der Waals surface area contributed by atoms with E-state index in [1.807, 2.05) is 0 Å². The molecule has 0 saturated heterocycles. The van der Waals surface area contributed by atoms with Crippen LogP contribution in [-0.4, -0.2) is 74.7 Å². The first kappa shape index (κ1) is 35.9. The summed E-state index contributed by atoms with van der Waals surface area (Å²) in [6, 6.07) is 10.1. The molecule has 0 radical (unpaired) electrons. The van der Waals surface area contributed by atoms with E-state index >= 15 is 4.39 Å². The average Bonchev–Trinajstić information content (AvgIpc) is 3.56. The minimum Gasteiger partial charge on any atom is -0.497 e. The van der Waals surface area contributed by atoms with Crippen LogP contribution < -0.4 is 18.5 Å². The maximum absolute atomic E-state index is 16.0. The van der Waals surface area contributed by atoms with Gasteiger partial charge in [0.2, 0.25) is 5.92 Å². The zero-order valence-electron chi connectivity index (χ0n) is 27.5. The number of hydrogen-bond donors (Lipinski definition) is 0. The molecule has 2 aromatic carbocycles. The highest BCUT2D eigenvalue weighted by Gasteiger charge is 2.44. The highest BCUT2D eigenvalue weighted by atomic mass is 32.2. The van der Waals surface area contributed by atoms with Crippen molar-refractivity contribution >= 4 is 15.8 Å². The number of methoxy groups -OCH3 is 3. The van der Waals surface area contributed by atoms with Crippen LogP contribution in [-0.2, 0) is 32.8 Å². The van der Waals surface area contributed by atoms with Gasteiger partial charge < -0.3 is 23.7 Å². The predicted molar refractivity (Wildman–Crippen MR) is 172 cm³/mol. The summed E-state index contributed by atoms with van der Waals surface area (Å²) in [5, 5.41) is 4.24. The van der Waals surface area contributed by atoms with Crippen molar-refractivity contribution in [2.24, 2.45) is 0 Å². The number of anilines is 1. The van der Waals surface area contributed by atoms with Crippen LogP contribution in [0.4, 0.5) is 19.0 Å². The molecule has 1 aliphatic carbocycles. The number of sulfonamides is 1. The number of aromatic nitrogens is 4. The first-order chi connectivity index (χ1) is 23.5. The quantitative estimate of drug-likeness (QED) is 0.146. The zero-order valence-corrected chi connectivity index (χ0v) is 28.3. The predicted octanol–water partition coefficient (Wildman–Crippen LogP) is 5.50. The molecule has 1 aliphatic rings. The molecule has 0 unspecified atom stereocenters. The number of ether oxygens (including phenoxy) is 5. The fourth-order valence-corrected chi connectivity index (χ4v) is 7.24. The lowest BCUT2D eigenvalue weighted by Gasteiger charge is -2.36. The number of hydrogen-bond acceptors (Lipinski definition) is 10. The molecule has 0 aliphatic heterocycles. The van der Waals surface area contributed by atoms with Crippen molar-refractivity contribution in [2.45, 2.75) is 62.3 Å². The van der Waals surface area contributed by atoms with Gasteiger partial charge in [0.05, 0.1) is 34.0 Å². The van der Waals surface area contributed by atoms with Crippen LogP contribution in [0.5, 0.6) is 17.2 Å². The van der Waals surface area contributed by atoms with E-state index in [2.05, 4.69) is 15.1 Å². The largest absolute Gasteiger partial charge is 0.497 e. The second kappa shape index (κ2) is 15.4. The number of benzene rings is 2. The van der Waals surface area contributed by atoms with Gasteiger partial charge in [-0.15, -0.1) is 0 Å². The second-order valence-electron chi connectivity index (χ2n) is 11.5. The van der Waals surface area contributed by atoms with E-state index in [-0.39, 0.29) is 43.4 Å². The van der Waals surface area contributed by atoms with Gasteiger partial charge in [-0.25, -0.2) is 40.5 Å². The third-order valence-corrected chi connectivity index (χ3v) is 10.0. The lowest BCUT2D eigenvalue weighted by Crippen LogP contribution is -2.39. The molecule has 49 heavy (non-hydrogen) atoms. The van der Waals surface area contributed by atoms with Crippen LogP contribution in [0.3, 0.4) is 0 Å². The summed E-state index contributed by atoms with van der Waals surface area (Å²) in [5.74, 6) is -3.97. The minimum atomic E-state index is -4.58. The van der Waals surface area contributed by atoms with E-state index in [1.54, 1.807) is 31.2 Å². The van der Waals surface area contributed by atoms with Gasteiger partial charge in [0.15, 0.2) is 0 Å². The van der Waals surface area contributed by atoms with Crippen molar-refractivity contribution < 1.29 is 45.3 Å². The molecule has 0 spiro atoms. The van der Waals surface area contributed by atoms with Gasteiger partial charge in [0.25, 0.3) is 10.0 Å². The van der Waals surface area contributed by atoms with Crippen molar-refractivity contribution in [3.8, 4) is 17.2 Å². The summed E-state index contributed by atoms with van der Waals surface area (Å²) < 4.78 is 104. The summed E-state index contributed by atoms with van der Waals surface area (Å²) >= 11 is 0. The molecule has 2 heterocycles. The average molecular weight is 706 g/mol. The van der Waals surface area contributed by atoms with Gasteiger partial charge in [0.1, 0.15) is 52.9 Å². The topological polar surface area (TPSA) is 127 Å². The summed E-state index contributed by atoms with van der Waals surface area (Å²) in [7, 11) is -0.120. The van der Waals surface area contributed by atoms with Crippen molar-refractivity contribution in [2.75, 3.05) is 38.8 Å². The molecule has 2 aromatic heterocycles. The van der Waals surface area contributed by atoms with E-state index in [9.17, 15) is 17.2 Å². The van der Waals surface area contributed by atoms with Crippen molar-refractivity contribution in [3.05, 3.63) is 83.8 Å². The molecule has 0 N–H and O–H groups in total. The Hall–Kier alpha value is -4.41. The maximum atomic E-state index is 16.0. The summed E-state index contributed by atoms with van der Waals surface area (Å²) in [6.45, 7) is 1.96. The molecule has 12 nitrogen and oxygen atoms in total. The number of rotatable bonds is 15. The van der Waals surface area contributed by atoms with E-state index < -0.39 is 51.5 Å². The van der Waals surface area contributed by atoms with Crippen LogP contribution in [0.15, 0.2) is 66.1 Å². The number of nitrogens with zero attached hydrogens (tertiary/aromatic N) is 5.